The van der Waals surface area contributed by atoms with Crippen molar-refractivity contribution >= 4 is 11.6 Å². The number of aryl methyl sites for hydroxylation is 1. The Morgan fingerprint density at radius 1 is 1.09 bits per heavy atom. The summed E-state index contributed by atoms with van der Waals surface area (Å²) in [4.78, 5) is 18.9. The van der Waals surface area contributed by atoms with Gasteiger partial charge >= 0.3 is 0 Å². The van der Waals surface area contributed by atoms with Crippen LogP contribution in [-0.2, 0) is 11.3 Å². The number of methoxy groups -OCH3 is 1. The molecule has 1 aliphatic carbocycles. The van der Waals surface area contributed by atoms with Crippen molar-refractivity contribution in [1.29, 1.82) is 0 Å². The number of nitrogen functional groups attached to an aromatic ring is 1. The van der Waals surface area contributed by atoms with E-state index >= 15 is 0 Å². The van der Waals surface area contributed by atoms with Gasteiger partial charge in [0.25, 0.3) is 5.91 Å². The predicted octanol–water partition coefficient (Wildman–Crippen LogP) is 4.80. The number of carbonyl (C=O) groups excluding carboxylic acids is 1. The number of nitrogens with zero attached hydrogens (tertiary/aromatic N) is 3. The maximum atomic E-state index is 13.6. The number of nitrogens with one attached hydrogen (secondary N) is 1. The average Bonchev–Trinajstić information content (AvgIpc) is 3.27. The Morgan fingerprint density at radius 2 is 1.82 bits per heavy atom. The number of ether oxygens (including phenoxy) is 1. The molecular weight excluding hydrogens is 426 g/mol. The zero-order chi connectivity index (χ0) is 23.7. The summed E-state index contributed by atoms with van der Waals surface area (Å²) >= 11 is 0. The SMILES string of the molecule is COCc1nnc(-c2cc(C(=O)N3CCC(c4ccc(N)cc4)CC3)c(C)cc2C2CCC2)[nH]1. The third-order valence-electron chi connectivity index (χ3n) is 7.43. The van der Waals surface area contributed by atoms with Crippen LogP contribution in [0.2, 0.25) is 0 Å². The lowest BCUT2D eigenvalue weighted by atomic mass is 9.77. The predicted molar refractivity (Wildman–Crippen MR) is 133 cm³/mol. The van der Waals surface area contributed by atoms with Gasteiger partial charge in [-0.15, -0.1) is 10.2 Å². The summed E-state index contributed by atoms with van der Waals surface area (Å²) in [5.74, 6) is 2.49. The van der Waals surface area contributed by atoms with Crippen molar-refractivity contribution in [3.8, 4) is 11.4 Å². The second-order valence-corrected chi connectivity index (χ2v) is 9.67. The third-order valence-corrected chi connectivity index (χ3v) is 7.43. The molecule has 2 fully saturated rings. The zero-order valence-corrected chi connectivity index (χ0v) is 20.0. The minimum atomic E-state index is 0.103. The fraction of sp³-hybridized carbons (Fsp3) is 0.444. The van der Waals surface area contributed by atoms with Crippen molar-refractivity contribution in [1.82, 2.24) is 20.1 Å². The van der Waals surface area contributed by atoms with E-state index < -0.39 is 0 Å². The first-order valence-electron chi connectivity index (χ1n) is 12.2. The van der Waals surface area contributed by atoms with Crippen LogP contribution in [0.3, 0.4) is 0 Å². The lowest BCUT2D eigenvalue weighted by Crippen LogP contribution is -2.38. The van der Waals surface area contributed by atoms with Crippen LogP contribution >= 0.6 is 0 Å². The molecule has 5 rings (SSSR count). The van der Waals surface area contributed by atoms with Crippen molar-refractivity contribution in [2.45, 2.75) is 57.5 Å². The number of anilines is 1. The largest absolute Gasteiger partial charge is 0.399 e. The molecule has 0 atom stereocenters. The number of nitrogens with two attached hydrogens (primary N) is 1. The first-order chi connectivity index (χ1) is 16.5. The van der Waals surface area contributed by atoms with Gasteiger partial charge in [0.05, 0.1) is 0 Å². The summed E-state index contributed by atoms with van der Waals surface area (Å²) in [5, 5.41) is 8.60. The summed E-state index contributed by atoms with van der Waals surface area (Å²) in [5.41, 5.74) is 12.0. The molecule has 1 saturated carbocycles. The summed E-state index contributed by atoms with van der Waals surface area (Å²) in [6.07, 6.45) is 5.53. The average molecular weight is 460 g/mol. The quantitative estimate of drug-likeness (QED) is 0.516. The lowest BCUT2D eigenvalue weighted by Gasteiger charge is -2.33. The molecule has 0 bridgehead atoms. The van der Waals surface area contributed by atoms with Gasteiger partial charge in [0, 0.05) is 37.0 Å². The van der Waals surface area contributed by atoms with E-state index in [2.05, 4.69) is 40.3 Å². The van der Waals surface area contributed by atoms with E-state index in [1.807, 2.05) is 23.1 Å². The molecule has 1 aliphatic heterocycles. The molecule has 2 aromatic carbocycles. The van der Waals surface area contributed by atoms with Crippen molar-refractivity contribution in [2.24, 2.45) is 0 Å². The van der Waals surface area contributed by atoms with E-state index in [0.29, 0.717) is 30.1 Å². The summed E-state index contributed by atoms with van der Waals surface area (Å²) < 4.78 is 5.19. The second kappa shape index (κ2) is 9.58. The van der Waals surface area contributed by atoms with Gasteiger partial charge < -0.3 is 20.4 Å². The molecule has 178 valence electrons. The highest BCUT2D eigenvalue weighted by molar-refractivity contribution is 5.97. The standard InChI is InChI=1S/C27H33N5O2/c1-17-14-23(20-4-3-5-20)24(26-29-25(16-34-2)30-31-26)15-22(17)27(33)32-12-10-19(11-13-32)18-6-8-21(28)9-7-18/h6-9,14-15,19-20H,3-5,10-13,16,28H2,1-2H3,(H,29,30,31). The highest BCUT2D eigenvalue weighted by atomic mass is 16.5. The number of carbonyl (C=O) groups is 1. The molecule has 3 aromatic rings. The highest BCUT2D eigenvalue weighted by Gasteiger charge is 2.29. The van der Waals surface area contributed by atoms with Gasteiger partial charge in [0.2, 0.25) is 0 Å². The van der Waals surface area contributed by atoms with Crippen LogP contribution in [0.5, 0.6) is 0 Å². The molecule has 0 spiro atoms. The molecule has 1 aromatic heterocycles. The van der Waals surface area contributed by atoms with Crippen LogP contribution in [0, 0.1) is 6.92 Å². The fourth-order valence-electron chi connectivity index (χ4n) is 5.20. The van der Waals surface area contributed by atoms with Crippen LogP contribution in [0.1, 0.15) is 76.8 Å². The maximum absolute atomic E-state index is 13.6. The first-order valence-corrected chi connectivity index (χ1v) is 12.2. The Kier molecular flexibility index (Phi) is 6.37. The van der Waals surface area contributed by atoms with Crippen LogP contribution in [0.15, 0.2) is 36.4 Å². The molecule has 0 unspecified atom stereocenters. The normalized spacial score (nSPS) is 17.1. The van der Waals surface area contributed by atoms with Crippen LogP contribution in [0.25, 0.3) is 11.4 Å². The molecule has 3 N–H and O–H groups in total. The third kappa shape index (κ3) is 4.44. The van der Waals surface area contributed by atoms with Crippen LogP contribution < -0.4 is 5.73 Å². The Hall–Kier alpha value is -3.19. The van der Waals surface area contributed by atoms with Gasteiger partial charge in [-0.05, 0) is 79.3 Å². The molecule has 0 radical (unpaired) electrons. The Bertz CT molecular complexity index is 1160. The van der Waals surface area contributed by atoms with Gasteiger partial charge in [-0.25, -0.2) is 0 Å². The fourth-order valence-corrected chi connectivity index (χ4v) is 5.20. The van der Waals surface area contributed by atoms with E-state index in [0.717, 1.165) is 48.3 Å². The molecule has 34 heavy (non-hydrogen) atoms. The summed E-state index contributed by atoms with van der Waals surface area (Å²) in [6, 6.07) is 12.4. The summed E-state index contributed by atoms with van der Waals surface area (Å²) in [7, 11) is 1.64. The second-order valence-electron chi connectivity index (χ2n) is 9.67. The van der Waals surface area contributed by atoms with E-state index in [-0.39, 0.29) is 5.91 Å². The van der Waals surface area contributed by atoms with E-state index in [1.54, 1.807) is 7.11 Å². The molecule has 7 nitrogen and oxygen atoms in total. The van der Waals surface area contributed by atoms with Crippen LogP contribution in [0.4, 0.5) is 5.69 Å². The van der Waals surface area contributed by atoms with Crippen molar-refractivity contribution in [3.05, 3.63) is 64.5 Å². The summed E-state index contributed by atoms with van der Waals surface area (Å²) in [6.45, 7) is 3.95. The molecular formula is C27H33N5O2. The number of amides is 1. The number of H-pyrrole nitrogens is 1. The van der Waals surface area contributed by atoms with Crippen molar-refractivity contribution in [3.63, 3.8) is 0 Å². The van der Waals surface area contributed by atoms with E-state index in [1.165, 1.54) is 30.4 Å². The lowest BCUT2D eigenvalue weighted by molar-refractivity contribution is 0.0712. The first kappa shape index (κ1) is 22.6. The Labute approximate surface area is 200 Å². The number of piperidine rings is 1. The van der Waals surface area contributed by atoms with Gasteiger partial charge in [0.15, 0.2) is 11.6 Å². The van der Waals surface area contributed by atoms with Gasteiger partial charge in [-0.1, -0.05) is 24.6 Å². The van der Waals surface area contributed by atoms with E-state index in [9.17, 15) is 4.79 Å². The Balaban J connectivity index is 1.38. The number of hydrogen-bond donors (Lipinski definition) is 2. The van der Waals surface area contributed by atoms with Crippen molar-refractivity contribution in [2.75, 3.05) is 25.9 Å². The molecule has 7 heteroatoms. The Morgan fingerprint density at radius 3 is 2.47 bits per heavy atom. The minimum absolute atomic E-state index is 0.103. The topological polar surface area (TPSA) is 97.1 Å². The maximum Gasteiger partial charge on any atom is 0.254 e. The number of hydrogen-bond acceptors (Lipinski definition) is 5. The minimum Gasteiger partial charge on any atom is -0.399 e. The molecule has 2 heterocycles. The number of rotatable bonds is 6. The van der Waals surface area contributed by atoms with Gasteiger partial charge in [-0.3, -0.25) is 4.79 Å². The molecule has 1 amide bonds. The zero-order valence-electron chi connectivity index (χ0n) is 20.0. The number of aromatic nitrogens is 3. The molecule has 1 saturated heterocycles. The smallest absolute Gasteiger partial charge is 0.254 e. The monoisotopic (exact) mass is 459 g/mol. The number of benzene rings is 2. The van der Waals surface area contributed by atoms with Gasteiger partial charge in [-0.2, -0.15) is 0 Å². The van der Waals surface area contributed by atoms with Crippen molar-refractivity contribution < 1.29 is 9.53 Å². The van der Waals surface area contributed by atoms with Gasteiger partial charge in [0.1, 0.15) is 6.61 Å². The number of aromatic amines is 1. The highest BCUT2D eigenvalue weighted by Crippen LogP contribution is 2.42. The van der Waals surface area contributed by atoms with Crippen LogP contribution in [-0.4, -0.2) is 46.2 Å². The molecule has 2 aliphatic rings. The van der Waals surface area contributed by atoms with E-state index in [4.69, 9.17) is 10.5 Å². The number of likely N-dealkylation sites (tertiary alicyclic amines) is 1.